The highest BCUT2D eigenvalue weighted by Gasteiger charge is 2.48. The second-order valence-electron chi connectivity index (χ2n) is 6.37. The Morgan fingerprint density at radius 1 is 1.03 bits per heavy atom. The molecule has 154 valence electrons. The first-order valence-corrected chi connectivity index (χ1v) is 9.30. The maximum atomic E-state index is 12.9. The average molecular weight is 428 g/mol. The molecule has 1 aliphatic rings. The van der Waals surface area contributed by atoms with Gasteiger partial charge in [-0.3, -0.25) is 9.69 Å². The number of benzene rings is 2. The average Bonchev–Trinajstić information content (AvgIpc) is 2.87. The molecule has 1 atom stereocenters. The lowest BCUT2D eigenvalue weighted by Crippen LogP contribution is -2.40. The van der Waals surface area contributed by atoms with Gasteiger partial charge in [-0.15, -0.1) is 0 Å². The Kier molecular flexibility index (Phi) is 6.02. The number of hydrogen-bond acceptors (Lipinski definition) is 4. The smallest absolute Gasteiger partial charge is 0.387 e. The minimum absolute atomic E-state index is 0.0353. The lowest BCUT2D eigenvalue weighted by atomic mass is 9.92. The SMILES string of the molecule is CC1(c2ccc(OC(F)F)cc2)NC(=O)N(Cc2ccc(SC(F)F)cc2)C1=O. The minimum atomic E-state index is -2.97. The van der Waals surface area contributed by atoms with Crippen molar-refractivity contribution >= 4 is 23.7 Å². The van der Waals surface area contributed by atoms with Crippen molar-refractivity contribution in [3.63, 3.8) is 0 Å². The van der Waals surface area contributed by atoms with Crippen LogP contribution in [0.4, 0.5) is 22.4 Å². The van der Waals surface area contributed by atoms with Gasteiger partial charge in [0.25, 0.3) is 11.7 Å². The van der Waals surface area contributed by atoms with E-state index >= 15 is 0 Å². The summed E-state index contributed by atoms with van der Waals surface area (Å²) in [7, 11) is 0. The zero-order valence-electron chi connectivity index (χ0n) is 15.1. The molecular weight excluding hydrogens is 412 g/mol. The van der Waals surface area contributed by atoms with Gasteiger partial charge >= 0.3 is 12.6 Å². The first-order valence-electron chi connectivity index (χ1n) is 8.42. The van der Waals surface area contributed by atoms with E-state index in [1.54, 1.807) is 12.1 Å². The summed E-state index contributed by atoms with van der Waals surface area (Å²) in [6.07, 6.45) is 0. The Hall–Kier alpha value is -2.75. The van der Waals surface area contributed by atoms with Gasteiger partial charge in [0.05, 0.1) is 6.54 Å². The fourth-order valence-electron chi connectivity index (χ4n) is 2.96. The summed E-state index contributed by atoms with van der Waals surface area (Å²) in [6, 6.07) is 10.9. The molecule has 0 aliphatic carbocycles. The first-order chi connectivity index (χ1) is 13.7. The highest BCUT2D eigenvalue weighted by molar-refractivity contribution is 7.99. The summed E-state index contributed by atoms with van der Waals surface area (Å²) >= 11 is 0.402. The number of nitrogens with one attached hydrogen (secondary N) is 1. The number of thioether (sulfide) groups is 1. The number of imide groups is 1. The van der Waals surface area contributed by atoms with E-state index in [-0.39, 0.29) is 12.3 Å². The molecule has 1 saturated heterocycles. The molecule has 29 heavy (non-hydrogen) atoms. The first kappa shape index (κ1) is 21.0. The molecular formula is C19H16F4N2O3S. The summed E-state index contributed by atoms with van der Waals surface area (Å²) in [4.78, 5) is 26.7. The highest BCUT2D eigenvalue weighted by Crippen LogP contribution is 2.31. The Morgan fingerprint density at radius 3 is 2.21 bits per heavy atom. The van der Waals surface area contributed by atoms with Crippen molar-refractivity contribution in [1.29, 1.82) is 0 Å². The number of halogens is 4. The monoisotopic (exact) mass is 428 g/mol. The van der Waals surface area contributed by atoms with E-state index in [1.807, 2.05) is 0 Å². The van der Waals surface area contributed by atoms with Gasteiger partial charge in [0.15, 0.2) is 0 Å². The van der Waals surface area contributed by atoms with Crippen molar-refractivity contribution in [2.75, 3.05) is 0 Å². The largest absolute Gasteiger partial charge is 0.435 e. The lowest BCUT2D eigenvalue weighted by molar-refractivity contribution is -0.131. The minimum Gasteiger partial charge on any atom is -0.435 e. The zero-order chi connectivity index (χ0) is 21.2. The maximum absolute atomic E-state index is 12.9. The van der Waals surface area contributed by atoms with Crippen LogP contribution in [0.5, 0.6) is 5.75 Å². The van der Waals surface area contributed by atoms with Gasteiger partial charge in [-0.25, -0.2) is 4.79 Å². The molecule has 0 saturated carbocycles. The third-order valence-electron chi connectivity index (χ3n) is 4.42. The molecule has 1 heterocycles. The van der Waals surface area contributed by atoms with Crippen molar-refractivity contribution in [3.05, 3.63) is 59.7 Å². The van der Waals surface area contributed by atoms with E-state index in [0.717, 1.165) is 4.90 Å². The molecule has 0 bridgehead atoms. The number of ether oxygens (including phenoxy) is 1. The van der Waals surface area contributed by atoms with E-state index in [9.17, 15) is 27.2 Å². The van der Waals surface area contributed by atoms with Crippen LogP contribution in [0.2, 0.25) is 0 Å². The number of nitrogens with zero attached hydrogens (tertiary/aromatic N) is 1. The number of alkyl halides is 4. The fraction of sp³-hybridized carbons (Fsp3) is 0.263. The van der Waals surface area contributed by atoms with Crippen LogP contribution in [0.3, 0.4) is 0 Å². The molecule has 2 aromatic rings. The highest BCUT2D eigenvalue weighted by atomic mass is 32.2. The Bertz CT molecular complexity index is 893. The Labute approximate surface area is 168 Å². The van der Waals surface area contributed by atoms with Gasteiger partial charge in [0.2, 0.25) is 0 Å². The molecule has 1 aliphatic heterocycles. The second kappa shape index (κ2) is 8.32. The van der Waals surface area contributed by atoms with Crippen LogP contribution in [-0.2, 0) is 16.9 Å². The van der Waals surface area contributed by atoms with E-state index in [4.69, 9.17) is 0 Å². The van der Waals surface area contributed by atoms with Crippen LogP contribution in [0.25, 0.3) is 0 Å². The molecule has 2 aromatic carbocycles. The van der Waals surface area contributed by atoms with Crippen molar-refractivity contribution in [1.82, 2.24) is 10.2 Å². The summed E-state index contributed by atoms with van der Waals surface area (Å²) in [5, 5.41) is 2.61. The summed E-state index contributed by atoms with van der Waals surface area (Å²) in [6.45, 7) is -1.49. The van der Waals surface area contributed by atoms with Crippen LogP contribution < -0.4 is 10.1 Å². The van der Waals surface area contributed by atoms with E-state index in [2.05, 4.69) is 10.1 Å². The van der Waals surface area contributed by atoms with E-state index < -0.39 is 29.8 Å². The van der Waals surface area contributed by atoms with E-state index in [1.165, 1.54) is 43.3 Å². The van der Waals surface area contributed by atoms with Crippen molar-refractivity contribution in [2.45, 2.75) is 36.3 Å². The molecule has 0 aromatic heterocycles. The van der Waals surface area contributed by atoms with Crippen LogP contribution >= 0.6 is 11.8 Å². The van der Waals surface area contributed by atoms with Crippen molar-refractivity contribution in [3.8, 4) is 5.75 Å². The predicted molar refractivity (Wildman–Crippen MR) is 97.8 cm³/mol. The van der Waals surface area contributed by atoms with Crippen LogP contribution in [0, 0.1) is 0 Å². The molecule has 3 rings (SSSR count). The third kappa shape index (κ3) is 4.64. The molecule has 3 amide bonds. The number of carbonyl (C=O) groups is 2. The molecule has 0 radical (unpaired) electrons. The topological polar surface area (TPSA) is 58.6 Å². The standard InChI is InChI=1S/C19H16F4N2O3S/c1-19(12-4-6-13(7-5-12)28-16(20)21)15(26)25(18(27)24-19)10-11-2-8-14(9-3-11)29-17(22)23/h2-9,16-17H,10H2,1H3,(H,24,27). The van der Waals surface area contributed by atoms with Gasteiger partial charge < -0.3 is 10.1 Å². The third-order valence-corrected chi connectivity index (χ3v) is 5.14. The van der Waals surface area contributed by atoms with Gasteiger partial charge in [0.1, 0.15) is 11.3 Å². The van der Waals surface area contributed by atoms with Gasteiger partial charge in [-0.1, -0.05) is 36.0 Å². The number of carbonyl (C=O) groups excluding carboxylic acids is 2. The van der Waals surface area contributed by atoms with Crippen molar-refractivity contribution in [2.24, 2.45) is 0 Å². The van der Waals surface area contributed by atoms with Gasteiger partial charge in [0, 0.05) is 4.90 Å². The van der Waals surface area contributed by atoms with Gasteiger partial charge in [-0.2, -0.15) is 17.6 Å². The summed E-state index contributed by atoms with van der Waals surface area (Å²) in [5.41, 5.74) is -0.368. The van der Waals surface area contributed by atoms with Crippen molar-refractivity contribution < 1.29 is 31.9 Å². The predicted octanol–water partition coefficient (Wildman–Crippen LogP) is 4.57. The fourth-order valence-corrected chi connectivity index (χ4v) is 3.46. The molecule has 0 spiro atoms. The number of urea groups is 1. The summed E-state index contributed by atoms with van der Waals surface area (Å²) in [5.74, 6) is -3.12. The number of amides is 3. The maximum Gasteiger partial charge on any atom is 0.387 e. The zero-order valence-corrected chi connectivity index (χ0v) is 15.9. The number of rotatable bonds is 7. The molecule has 1 fully saturated rings. The Morgan fingerprint density at radius 2 is 1.66 bits per heavy atom. The molecule has 1 unspecified atom stereocenters. The second-order valence-corrected chi connectivity index (χ2v) is 7.44. The van der Waals surface area contributed by atoms with Crippen LogP contribution in [0.15, 0.2) is 53.4 Å². The van der Waals surface area contributed by atoms with Crippen LogP contribution in [0.1, 0.15) is 18.1 Å². The molecule has 1 N–H and O–H groups in total. The Balaban J connectivity index is 1.74. The molecule has 10 heteroatoms. The lowest BCUT2D eigenvalue weighted by Gasteiger charge is -2.22. The summed E-state index contributed by atoms with van der Waals surface area (Å²) < 4.78 is 53.6. The normalized spacial score (nSPS) is 19.2. The number of hydrogen-bond donors (Lipinski definition) is 1. The molecule has 5 nitrogen and oxygen atoms in total. The van der Waals surface area contributed by atoms with Crippen LogP contribution in [-0.4, -0.2) is 29.2 Å². The van der Waals surface area contributed by atoms with Gasteiger partial charge in [-0.05, 0) is 42.3 Å². The van der Waals surface area contributed by atoms with E-state index in [0.29, 0.717) is 27.8 Å². The quantitative estimate of drug-likeness (QED) is 0.399.